The molecule has 0 aromatic carbocycles. The first-order chi connectivity index (χ1) is 10.4. The van der Waals surface area contributed by atoms with Gasteiger partial charge in [0.25, 0.3) is 0 Å². The predicted molar refractivity (Wildman–Crippen MR) is 70.5 cm³/mol. The van der Waals surface area contributed by atoms with Gasteiger partial charge in [0.2, 0.25) is 0 Å². The minimum absolute atomic E-state index is 0. The summed E-state index contributed by atoms with van der Waals surface area (Å²) in [6.07, 6.45) is 6.45. The number of carboxylic acids is 2. The molecule has 1 radical (unpaired) electrons. The van der Waals surface area contributed by atoms with Crippen LogP contribution in [0.3, 0.4) is 0 Å². The Labute approximate surface area is 142 Å². The van der Waals surface area contributed by atoms with Crippen LogP contribution in [0.25, 0.3) is 0 Å². The predicted octanol–water partition coefficient (Wildman–Crippen LogP) is -3.94. The van der Waals surface area contributed by atoms with Crippen molar-refractivity contribution < 1.29 is 36.9 Å². The van der Waals surface area contributed by atoms with Crippen LogP contribution in [0.4, 0.5) is 0 Å². The van der Waals surface area contributed by atoms with E-state index < -0.39 is 24.0 Å². The van der Waals surface area contributed by atoms with Gasteiger partial charge < -0.3 is 41.2 Å². The molecule has 129 valence electrons. The Hall–Kier alpha value is -2.20. The Bertz CT molecular complexity index is 522. The molecule has 0 unspecified atom stereocenters. The number of nitrogens with one attached hydrogen (secondary N) is 2. The molecular weight excluding hydrogens is 356 g/mol. The molecule has 11 heteroatoms. The molecular formula is C12H16CuN6O4. The second kappa shape index (κ2) is 10.5. The molecule has 0 spiro atoms. The van der Waals surface area contributed by atoms with E-state index in [1.807, 2.05) is 0 Å². The van der Waals surface area contributed by atoms with E-state index in [4.69, 9.17) is 11.5 Å². The quantitative estimate of drug-likeness (QED) is 0.370. The van der Waals surface area contributed by atoms with E-state index in [1.165, 1.54) is 25.0 Å². The Balaban J connectivity index is 0.000000403. The number of aromatic nitrogens is 4. The molecule has 6 N–H and O–H groups in total. The van der Waals surface area contributed by atoms with Crippen molar-refractivity contribution >= 4 is 11.9 Å². The fourth-order valence-electron chi connectivity index (χ4n) is 1.43. The van der Waals surface area contributed by atoms with Crippen LogP contribution in [-0.2, 0) is 39.5 Å². The number of carboxylic acid groups (broad SMARTS) is 2. The van der Waals surface area contributed by atoms with E-state index >= 15 is 0 Å². The van der Waals surface area contributed by atoms with Crippen molar-refractivity contribution in [3.05, 3.63) is 36.4 Å². The van der Waals surface area contributed by atoms with Gasteiger partial charge in [0.15, 0.2) is 0 Å². The van der Waals surface area contributed by atoms with Gasteiger partial charge >= 0.3 is 17.1 Å². The number of nitrogens with two attached hydrogens (primary N) is 2. The number of hydrogen-bond donors (Lipinski definition) is 4. The Kier molecular flexibility index (Phi) is 9.51. The molecule has 0 bridgehead atoms. The summed E-state index contributed by atoms with van der Waals surface area (Å²) in [4.78, 5) is 33.2. The summed E-state index contributed by atoms with van der Waals surface area (Å²) in [5.41, 5.74) is 11.8. The standard InChI is InChI=1S/2C6H9N3O2.Cu/c2*7-5(6(10)11)1-4-2-8-3-9-4;/h2*2-3,5H,1,7H2,(H,8,9)(H,10,11);/q;;+2/p-2/t2*5-;/m00./s1. The largest absolute Gasteiger partial charge is 2.00 e. The van der Waals surface area contributed by atoms with E-state index in [0.29, 0.717) is 11.4 Å². The number of aromatic amines is 2. The van der Waals surface area contributed by atoms with Crippen LogP contribution in [0.1, 0.15) is 11.4 Å². The molecule has 23 heavy (non-hydrogen) atoms. The molecule has 0 fully saturated rings. The molecule has 2 atom stereocenters. The topological polar surface area (TPSA) is 190 Å². The third kappa shape index (κ3) is 8.12. The van der Waals surface area contributed by atoms with Crippen LogP contribution in [0, 0.1) is 0 Å². The molecule has 0 amide bonds. The van der Waals surface area contributed by atoms with Crippen LogP contribution in [0.5, 0.6) is 0 Å². The molecule has 10 nitrogen and oxygen atoms in total. The van der Waals surface area contributed by atoms with Crippen LogP contribution < -0.4 is 21.7 Å². The van der Waals surface area contributed by atoms with Crippen molar-refractivity contribution in [2.24, 2.45) is 11.5 Å². The Morgan fingerprint density at radius 1 is 0.957 bits per heavy atom. The molecule has 0 aliphatic heterocycles. The molecule has 0 aliphatic carbocycles. The van der Waals surface area contributed by atoms with Gasteiger partial charge in [-0.2, -0.15) is 0 Å². The van der Waals surface area contributed by atoms with E-state index in [2.05, 4.69) is 19.9 Å². The number of hydrogen-bond acceptors (Lipinski definition) is 8. The van der Waals surface area contributed by atoms with Crippen LogP contribution in [0.15, 0.2) is 25.0 Å². The minimum atomic E-state index is -1.25. The van der Waals surface area contributed by atoms with Crippen LogP contribution in [-0.4, -0.2) is 44.0 Å². The van der Waals surface area contributed by atoms with Crippen molar-refractivity contribution in [2.45, 2.75) is 24.9 Å². The maximum absolute atomic E-state index is 10.2. The number of carbonyl (C=O) groups is 2. The maximum atomic E-state index is 10.2. The van der Waals surface area contributed by atoms with Crippen LogP contribution >= 0.6 is 0 Å². The van der Waals surface area contributed by atoms with E-state index in [-0.39, 0.29) is 29.9 Å². The van der Waals surface area contributed by atoms with Crippen molar-refractivity contribution in [3.63, 3.8) is 0 Å². The average molecular weight is 372 g/mol. The molecule has 0 aliphatic rings. The molecule has 2 rings (SSSR count). The zero-order valence-corrected chi connectivity index (χ0v) is 12.8. The van der Waals surface area contributed by atoms with E-state index in [1.54, 1.807) is 0 Å². The van der Waals surface area contributed by atoms with Gasteiger partial charge in [0.1, 0.15) is 0 Å². The first-order valence-corrected chi connectivity index (χ1v) is 6.27. The summed E-state index contributed by atoms with van der Waals surface area (Å²) in [5, 5.41) is 20.3. The van der Waals surface area contributed by atoms with E-state index in [0.717, 1.165) is 0 Å². The number of nitrogens with zero attached hydrogens (tertiary/aromatic N) is 2. The normalized spacial score (nSPS) is 12.3. The fraction of sp³-hybridized carbons (Fsp3) is 0.333. The van der Waals surface area contributed by atoms with E-state index in [9.17, 15) is 19.8 Å². The summed E-state index contributed by atoms with van der Waals surface area (Å²) in [7, 11) is 0. The first-order valence-electron chi connectivity index (χ1n) is 6.27. The molecule has 0 saturated heterocycles. The molecule has 0 saturated carbocycles. The SMILES string of the molecule is N[C@@H](Cc1cnc[nH]1)C(=O)[O-].N[C@@H](Cc1cnc[nH]1)C(=O)[O-].[Cu+2]. The summed E-state index contributed by atoms with van der Waals surface area (Å²) >= 11 is 0. The molecule has 2 aromatic heterocycles. The number of H-pyrrole nitrogens is 2. The van der Waals surface area contributed by atoms with Gasteiger partial charge in [0.05, 0.1) is 24.6 Å². The average Bonchev–Trinajstić information content (AvgIpc) is 3.12. The fourth-order valence-corrected chi connectivity index (χ4v) is 1.43. The monoisotopic (exact) mass is 371 g/mol. The smallest absolute Gasteiger partial charge is 0.548 e. The summed E-state index contributed by atoms with van der Waals surface area (Å²) < 4.78 is 0. The second-order valence-electron chi connectivity index (χ2n) is 4.41. The van der Waals surface area contributed by atoms with Crippen LogP contribution in [0.2, 0.25) is 0 Å². The van der Waals surface area contributed by atoms with Gasteiger partial charge in [-0.15, -0.1) is 0 Å². The van der Waals surface area contributed by atoms with Crippen molar-refractivity contribution in [3.8, 4) is 0 Å². The molecule has 2 heterocycles. The summed E-state index contributed by atoms with van der Waals surface area (Å²) in [6, 6.07) is -1.93. The van der Waals surface area contributed by atoms with Gasteiger partial charge in [0, 0.05) is 48.7 Å². The van der Waals surface area contributed by atoms with Gasteiger partial charge in [-0.3, -0.25) is 0 Å². The third-order valence-electron chi connectivity index (χ3n) is 2.59. The number of carbonyl (C=O) groups excluding carboxylic acids is 2. The third-order valence-corrected chi connectivity index (χ3v) is 2.59. The second-order valence-corrected chi connectivity index (χ2v) is 4.41. The first kappa shape index (κ1) is 20.8. The maximum Gasteiger partial charge on any atom is 2.00 e. The molecule has 2 aromatic rings. The number of aliphatic carboxylic acids is 2. The Morgan fingerprint density at radius 2 is 1.30 bits per heavy atom. The number of imidazole rings is 2. The Morgan fingerprint density at radius 3 is 1.52 bits per heavy atom. The number of rotatable bonds is 6. The van der Waals surface area contributed by atoms with Crippen molar-refractivity contribution in [1.29, 1.82) is 0 Å². The summed E-state index contributed by atoms with van der Waals surface area (Å²) in [5.74, 6) is -2.50. The van der Waals surface area contributed by atoms with Crippen molar-refractivity contribution in [2.75, 3.05) is 0 Å². The zero-order chi connectivity index (χ0) is 16.5. The summed E-state index contributed by atoms with van der Waals surface area (Å²) in [6.45, 7) is 0. The van der Waals surface area contributed by atoms with Gasteiger partial charge in [-0.05, 0) is 0 Å². The minimum Gasteiger partial charge on any atom is -0.548 e. The van der Waals surface area contributed by atoms with Crippen molar-refractivity contribution in [1.82, 2.24) is 19.9 Å². The van der Waals surface area contributed by atoms with Gasteiger partial charge in [-0.25, -0.2) is 9.97 Å². The zero-order valence-electron chi connectivity index (χ0n) is 11.9. The van der Waals surface area contributed by atoms with Gasteiger partial charge in [-0.1, -0.05) is 0 Å².